The van der Waals surface area contributed by atoms with Gasteiger partial charge in [0.2, 0.25) is 0 Å². The number of ether oxygens (including phenoxy) is 1. The summed E-state index contributed by atoms with van der Waals surface area (Å²) in [6.45, 7) is 2.98. The van der Waals surface area contributed by atoms with E-state index in [0.29, 0.717) is 18.7 Å². The quantitative estimate of drug-likeness (QED) is 0.877. The van der Waals surface area contributed by atoms with Crippen LogP contribution in [-0.2, 0) is 4.74 Å². The lowest BCUT2D eigenvalue weighted by atomic mass is 10.1. The lowest BCUT2D eigenvalue weighted by Gasteiger charge is -2.22. The normalized spacial score (nSPS) is 10.8. The summed E-state index contributed by atoms with van der Waals surface area (Å²) >= 11 is 0. The van der Waals surface area contributed by atoms with Crippen LogP contribution in [0.3, 0.4) is 0 Å². The van der Waals surface area contributed by atoms with Gasteiger partial charge in [-0.15, -0.1) is 0 Å². The molecule has 1 aromatic heterocycles. The summed E-state index contributed by atoms with van der Waals surface area (Å²) in [5.41, 5.74) is 2.21. The van der Waals surface area contributed by atoms with Gasteiger partial charge in [-0.3, -0.25) is 9.78 Å². The summed E-state index contributed by atoms with van der Waals surface area (Å²) < 4.78 is 5.03. The fraction of sp³-hybridized carbons (Fsp3) is 0.375. The Kier molecular flexibility index (Phi) is 5.25. The van der Waals surface area contributed by atoms with Crippen LogP contribution in [-0.4, -0.2) is 54.3 Å². The lowest BCUT2D eigenvalue weighted by Crippen LogP contribution is -2.36. The molecule has 0 aliphatic rings. The number of benzene rings is 1. The first-order valence-electron chi connectivity index (χ1n) is 6.93. The first-order valence-corrected chi connectivity index (χ1v) is 6.93. The van der Waals surface area contributed by atoms with Crippen molar-refractivity contribution in [1.82, 2.24) is 9.88 Å². The van der Waals surface area contributed by atoms with Crippen molar-refractivity contribution in [3.05, 3.63) is 41.6 Å². The number of hydrogen-bond donors (Lipinski definition) is 1. The standard InChI is InChI=1S/C16H20N2O3/c1-12-11-14(13-5-3-4-6-15(13)17-12)16(20)18(7-9-19)8-10-21-2/h3-6,11,19H,7-10H2,1-2H3. The monoisotopic (exact) mass is 288 g/mol. The molecule has 1 amide bonds. The van der Waals surface area contributed by atoms with Crippen LogP contribution < -0.4 is 0 Å². The highest BCUT2D eigenvalue weighted by molar-refractivity contribution is 6.06. The Balaban J connectivity index is 2.41. The van der Waals surface area contributed by atoms with Crippen LogP contribution in [0.5, 0.6) is 0 Å². The van der Waals surface area contributed by atoms with Crippen molar-refractivity contribution in [3.8, 4) is 0 Å². The van der Waals surface area contributed by atoms with Crippen LogP contribution in [0.15, 0.2) is 30.3 Å². The van der Waals surface area contributed by atoms with Crippen molar-refractivity contribution in [2.24, 2.45) is 0 Å². The summed E-state index contributed by atoms with van der Waals surface area (Å²) in [6.07, 6.45) is 0. The number of para-hydroxylation sites is 1. The average Bonchev–Trinajstić information content (AvgIpc) is 2.50. The van der Waals surface area contributed by atoms with E-state index in [-0.39, 0.29) is 19.1 Å². The van der Waals surface area contributed by atoms with E-state index in [1.54, 1.807) is 18.1 Å². The van der Waals surface area contributed by atoms with Crippen LogP contribution >= 0.6 is 0 Å². The highest BCUT2D eigenvalue weighted by atomic mass is 16.5. The predicted molar refractivity (Wildman–Crippen MR) is 81.3 cm³/mol. The fourth-order valence-corrected chi connectivity index (χ4v) is 2.29. The number of aliphatic hydroxyl groups is 1. The molecule has 2 rings (SSSR count). The number of carbonyl (C=O) groups excluding carboxylic acids is 1. The first-order chi connectivity index (χ1) is 10.2. The number of methoxy groups -OCH3 is 1. The molecule has 0 saturated heterocycles. The zero-order valence-electron chi connectivity index (χ0n) is 12.4. The molecule has 0 fully saturated rings. The molecule has 21 heavy (non-hydrogen) atoms. The number of fused-ring (bicyclic) bond motifs is 1. The second-order valence-electron chi connectivity index (χ2n) is 4.84. The minimum Gasteiger partial charge on any atom is -0.395 e. The van der Waals surface area contributed by atoms with Gasteiger partial charge in [0.1, 0.15) is 0 Å². The molecular weight excluding hydrogens is 268 g/mol. The lowest BCUT2D eigenvalue weighted by molar-refractivity contribution is 0.0658. The number of aliphatic hydroxyl groups excluding tert-OH is 1. The molecule has 112 valence electrons. The molecular formula is C16H20N2O3. The van der Waals surface area contributed by atoms with Crippen molar-refractivity contribution in [1.29, 1.82) is 0 Å². The molecule has 0 saturated carbocycles. The van der Waals surface area contributed by atoms with Gasteiger partial charge in [-0.1, -0.05) is 18.2 Å². The number of nitrogens with zero attached hydrogens (tertiary/aromatic N) is 2. The van der Waals surface area contributed by atoms with E-state index in [4.69, 9.17) is 9.84 Å². The maximum atomic E-state index is 12.7. The molecule has 0 aliphatic heterocycles. The summed E-state index contributed by atoms with van der Waals surface area (Å²) in [5, 5.41) is 9.98. The Labute approximate surface area is 124 Å². The zero-order valence-corrected chi connectivity index (χ0v) is 12.4. The third-order valence-electron chi connectivity index (χ3n) is 3.30. The van der Waals surface area contributed by atoms with Crippen LogP contribution in [0.4, 0.5) is 0 Å². The molecule has 0 spiro atoms. The van der Waals surface area contributed by atoms with Crippen LogP contribution in [0.1, 0.15) is 16.1 Å². The van der Waals surface area contributed by atoms with Crippen molar-refractivity contribution < 1.29 is 14.6 Å². The number of hydrogen-bond acceptors (Lipinski definition) is 4. The summed E-state index contributed by atoms with van der Waals surface area (Å²) in [5.74, 6) is -0.109. The van der Waals surface area contributed by atoms with E-state index in [9.17, 15) is 4.79 Å². The Morgan fingerprint density at radius 2 is 2.10 bits per heavy atom. The Morgan fingerprint density at radius 1 is 1.33 bits per heavy atom. The van der Waals surface area contributed by atoms with Gasteiger partial charge in [0.05, 0.1) is 24.3 Å². The molecule has 2 aromatic rings. The molecule has 0 radical (unpaired) electrons. The second kappa shape index (κ2) is 7.15. The molecule has 5 heteroatoms. The van der Waals surface area contributed by atoms with Gasteiger partial charge in [-0.2, -0.15) is 0 Å². The molecule has 0 bridgehead atoms. The van der Waals surface area contributed by atoms with Crippen LogP contribution in [0.2, 0.25) is 0 Å². The van der Waals surface area contributed by atoms with Gasteiger partial charge >= 0.3 is 0 Å². The molecule has 5 nitrogen and oxygen atoms in total. The molecule has 1 aromatic carbocycles. The Bertz CT molecular complexity index is 628. The van der Waals surface area contributed by atoms with Crippen LogP contribution in [0.25, 0.3) is 10.9 Å². The Morgan fingerprint density at radius 3 is 2.81 bits per heavy atom. The minimum absolute atomic E-state index is 0.0720. The van der Waals surface area contributed by atoms with Crippen molar-refractivity contribution in [2.75, 3.05) is 33.4 Å². The molecule has 1 N–H and O–H groups in total. The topological polar surface area (TPSA) is 62.7 Å². The highest BCUT2D eigenvalue weighted by Gasteiger charge is 2.18. The third kappa shape index (κ3) is 3.56. The number of aromatic nitrogens is 1. The predicted octanol–water partition coefficient (Wildman–Crippen LogP) is 1.62. The van der Waals surface area contributed by atoms with Gasteiger partial charge in [0.15, 0.2) is 0 Å². The van der Waals surface area contributed by atoms with E-state index in [2.05, 4.69) is 4.98 Å². The number of pyridine rings is 1. The molecule has 1 heterocycles. The maximum absolute atomic E-state index is 12.7. The summed E-state index contributed by atoms with van der Waals surface area (Å²) in [4.78, 5) is 18.8. The minimum atomic E-state index is -0.109. The SMILES string of the molecule is COCCN(CCO)C(=O)c1cc(C)nc2ccccc12. The summed E-state index contributed by atoms with van der Waals surface area (Å²) in [6, 6.07) is 9.37. The van der Waals surface area contributed by atoms with Crippen molar-refractivity contribution in [3.63, 3.8) is 0 Å². The zero-order chi connectivity index (χ0) is 15.2. The van der Waals surface area contributed by atoms with E-state index >= 15 is 0 Å². The summed E-state index contributed by atoms with van der Waals surface area (Å²) in [7, 11) is 1.59. The number of aryl methyl sites for hydroxylation is 1. The second-order valence-corrected chi connectivity index (χ2v) is 4.84. The van der Waals surface area contributed by atoms with E-state index in [1.807, 2.05) is 31.2 Å². The van der Waals surface area contributed by atoms with Gasteiger partial charge in [0.25, 0.3) is 5.91 Å². The smallest absolute Gasteiger partial charge is 0.254 e. The van der Waals surface area contributed by atoms with Crippen molar-refractivity contribution >= 4 is 16.8 Å². The third-order valence-corrected chi connectivity index (χ3v) is 3.30. The molecule has 0 aliphatic carbocycles. The van der Waals surface area contributed by atoms with E-state index < -0.39 is 0 Å². The van der Waals surface area contributed by atoms with Gasteiger partial charge in [-0.05, 0) is 19.1 Å². The molecule has 0 atom stereocenters. The maximum Gasteiger partial charge on any atom is 0.254 e. The Hall–Kier alpha value is -1.98. The molecule has 0 unspecified atom stereocenters. The van der Waals surface area contributed by atoms with Crippen molar-refractivity contribution in [2.45, 2.75) is 6.92 Å². The van der Waals surface area contributed by atoms with E-state index in [0.717, 1.165) is 16.6 Å². The first kappa shape index (κ1) is 15.4. The number of amides is 1. The fourth-order valence-electron chi connectivity index (χ4n) is 2.29. The van der Waals surface area contributed by atoms with Crippen LogP contribution in [0, 0.1) is 6.92 Å². The highest BCUT2D eigenvalue weighted by Crippen LogP contribution is 2.19. The van der Waals surface area contributed by atoms with Gasteiger partial charge in [-0.25, -0.2) is 0 Å². The number of rotatable bonds is 6. The van der Waals surface area contributed by atoms with E-state index in [1.165, 1.54) is 0 Å². The number of carbonyl (C=O) groups is 1. The van der Waals surface area contributed by atoms with Gasteiger partial charge < -0.3 is 14.7 Å². The van der Waals surface area contributed by atoms with Gasteiger partial charge in [0, 0.05) is 31.3 Å². The average molecular weight is 288 g/mol. The largest absolute Gasteiger partial charge is 0.395 e.